The number of nitrogens with one attached hydrogen (secondary N) is 1. The molecule has 1 atom stereocenters. The number of fused-ring (bicyclic) bond motifs is 1. The van der Waals surface area contributed by atoms with Crippen molar-refractivity contribution >= 4 is 0 Å². The van der Waals surface area contributed by atoms with Gasteiger partial charge in [-0.05, 0) is 43.1 Å². The van der Waals surface area contributed by atoms with Crippen molar-refractivity contribution in [3.8, 4) is 0 Å². The molecule has 1 aromatic carbocycles. The summed E-state index contributed by atoms with van der Waals surface area (Å²) in [6, 6.07) is 4.34. The molecular formula is C11H13F2N. The van der Waals surface area contributed by atoms with Crippen molar-refractivity contribution in [3.05, 3.63) is 35.1 Å². The van der Waals surface area contributed by atoms with Crippen LogP contribution in [0.15, 0.2) is 18.2 Å². The first-order valence-corrected chi connectivity index (χ1v) is 4.78. The summed E-state index contributed by atoms with van der Waals surface area (Å²) in [6.45, 7) is 2.76. The van der Waals surface area contributed by atoms with Gasteiger partial charge in [0.2, 0.25) is 0 Å². The van der Waals surface area contributed by atoms with E-state index in [0.717, 1.165) is 5.56 Å². The minimum Gasteiger partial charge on any atom is -0.313 e. The van der Waals surface area contributed by atoms with Gasteiger partial charge in [-0.3, -0.25) is 0 Å². The molecule has 1 aliphatic rings. The maximum atomic E-state index is 14.1. The SMILES string of the molecule is CC1(F)CCNCc2ccc(F)cc21. The van der Waals surface area contributed by atoms with E-state index in [9.17, 15) is 8.78 Å². The standard InChI is InChI=1S/C11H13F2N/c1-11(13)4-5-14-7-8-2-3-9(12)6-10(8)11/h2-3,6,14H,4-5,7H2,1H3. The minimum absolute atomic E-state index is 0.366. The molecule has 0 radical (unpaired) electrons. The Morgan fingerprint density at radius 3 is 3.00 bits per heavy atom. The Morgan fingerprint density at radius 1 is 1.43 bits per heavy atom. The van der Waals surface area contributed by atoms with E-state index in [1.165, 1.54) is 19.1 Å². The number of benzene rings is 1. The second-order valence-electron chi connectivity index (χ2n) is 3.93. The van der Waals surface area contributed by atoms with Crippen LogP contribution in [0.25, 0.3) is 0 Å². The second-order valence-corrected chi connectivity index (χ2v) is 3.93. The van der Waals surface area contributed by atoms with Crippen LogP contribution in [0.3, 0.4) is 0 Å². The lowest BCUT2D eigenvalue weighted by Gasteiger charge is -2.20. The Kier molecular flexibility index (Phi) is 2.27. The molecule has 0 saturated heterocycles. The first kappa shape index (κ1) is 9.59. The summed E-state index contributed by atoms with van der Waals surface area (Å²) >= 11 is 0. The van der Waals surface area contributed by atoms with E-state index < -0.39 is 5.67 Å². The van der Waals surface area contributed by atoms with Crippen molar-refractivity contribution in [3.63, 3.8) is 0 Å². The number of alkyl halides is 1. The molecular weight excluding hydrogens is 184 g/mol. The van der Waals surface area contributed by atoms with Crippen LogP contribution in [-0.2, 0) is 12.2 Å². The quantitative estimate of drug-likeness (QED) is 0.673. The average molecular weight is 197 g/mol. The molecule has 1 aliphatic heterocycles. The molecule has 1 heterocycles. The summed E-state index contributed by atoms with van der Waals surface area (Å²) in [7, 11) is 0. The summed E-state index contributed by atoms with van der Waals surface area (Å²) in [6.07, 6.45) is 0.392. The molecule has 1 unspecified atom stereocenters. The fourth-order valence-corrected chi connectivity index (χ4v) is 1.87. The Bertz CT molecular complexity index is 347. The van der Waals surface area contributed by atoms with Crippen molar-refractivity contribution < 1.29 is 8.78 Å². The summed E-state index contributed by atoms with van der Waals surface area (Å²) in [4.78, 5) is 0. The van der Waals surface area contributed by atoms with Crippen molar-refractivity contribution in [1.82, 2.24) is 5.32 Å². The van der Waals surface area contributed by atoms with Gasteiger partial charge >= 0.3 is 0 Å². The van der Waals surface area contributed by atoms with Crippen LogP contribution >= 0.6 is 0 Å². The molecule has 1 nitrogen and oxygen atoms in total. The number of rotatable bonds is 0. The largest absolute Gasteiger partial charge is 0.313 e. The van der Waals surface area contributed by atoms with Crippen LogP contribution in [0, 0.1) is 5.82 Å². The Morgan fingerprint density at radius 2 is 2.21 bits per heavy atom. The molecule has 0 spiro atoms. The average Bonchev–Trinajstić information content (AvgIpc) is 2.26. The van der Waals surface area contributed by atoms with Crippen molar-refractivity contribution in [1.29, 1.82) is 0 Å². The molecule has 2 rings (SSSR count). The molecule has 1 aromatic rings. The lowest BCUT2D eigenvalue weighted by Crippen LogP contribution is -2.18. The zero-order valence-electron chi connectivity index (χ0n) is 8.11. The monoisotopic (exact) mass is 197 g/mol. The van der Waals surface area contributed by atoms with E-state index in [2.05, 4.69) is 5.32 Å². The van der Waals surface area contributed by atoms with Crippen molar-refractivity contribution in [2.45, 2.75) is 25.6 Å². The van der Waals surface area contributed by atoms with Crippen LogP contribution in [0.1, 0.15) is 24.5 Å². The van der Waals surface area contributed by atoms with E-state index >= 15 is 0 Å². The van der Waals surface area contributed by atoms with Gasteiger partial charge < -0.3 is 5.32 Å². The van der Waals surface area contributed by atoms with Crippen molar-refractivity contribution in [2.75, 3.05) is 6.54 Å². The molecule has 3 heteroatoms. The Hall–Kier alpha value is -0.960. The molecule has 0 amide bonds. The van der Waals surface area contributed by atoms with E-state index in [1.807, 2.05) is 0 Å². The lowest BCUT2D eigenvalue weighted by molar-refractivity contribution is 0.180. The highest BCUT2D eigenvalue weighted by atomic mass is 19.1. The molecule has 14 heavy (non-hydrogen) atoms. The molecule has 0 saturated carbocycles. The van der Waals surface area contributed by atoms with Crippen molar-refractivity contribution in [2.24, 2.45) is 0 Å². The topological polar surface area (TPSA) is 12.0 Å². The molecule has 0 aromatic heterocycles. The highest BCUT2D eigenvalue weighted by Crippen LogP contribution is 2.33. The predicted molar refractivity (Wildman–Crippen MR) is 51.2 cm³/mol. The van der Waals surface area contributed by atoms with E-state index in [-0.39, 0.29) is 5.82 Å². The minimum atomic E-state index is -1.42. The van der Waals surface area contributed by atoms with Gasteiger partial charge in [0.1, 0.15) is 11.5 Å². The first-order chi connectivity index (χ1) is 6.59. The molecule has 0 aliphatic carbocycles. The van der Waals surface area contributed by atoms with Gasteiger partial charge in [0.25, 0.3) is 0 Å². The fourth-order valence-electron chi connectivity index (χ4n) is 1.87. The maximum Gasteiger partial charge on any atom is 0.134 e. The Labute approximate surface area is 82.1 Å². The number of hydrogen-bond acceptors (Lipinski definition) is 1. The predicted octanol–water partition coefficient (Wildman–Crippen LogP) is 2.50. The van der Waals surface area contributed by atoms with Crippen LogP contribution in [0.5, 0.6) is 0 Å². The van der Waals surface area contributed by atoms with Gasteiger partial charge in [0.05, 0.1) is 0 Å². The molecule has 1 N–H and O–H groups in total. The molecule has 0 bridgehead atoms. The molecule has 76 valence electrons. The normalized spacial score (nSPS) is 26.8. The van der Waals surface area contributed by atoms with Gasteiger partial charge in [0, 0.05) is 6.54 Å². The van der Waals surface area contributed by atoms with Gasteiger partial charge in [-0.1, -0.05) is 6.07 Å². The Balaban J connectivity index is 2.52. The summed E-state index contributed by atoms with van der Waals surface area (Å²) in [5.74, 6) is -0.366. The zero-order valence-corrected chi connectivity index (χ0v) is 8.11. The smallest absolute Gasteiger partial charge is 0.134 e. The summed E-state index contributed by atoms with van der Waals surface area (Å²) in [5.41, 5.74) is -0.0719. The van der Waals surface area contributed by atoms with Gasteiger partial charge in [0.15, 0.2) is 0 Å². The molecule has 0 fully saturated rings. The highest BCUT2D eigenvalue weighted by Gasteiger charge is 2.30. The number of hydrogen-bond donors (Lipinski definition) is 1. The maximum absolute atomic E-state index is 14.1. The summed E-state index contributed by atoms with van der Waals surface area (Å²) < 4.78 is 27.1. The first-order valence-electron chi connectivity index (χ1n) is 4.78. The van der Waals surface area contributed by atoms with E-state index in [4.69, 9.17) is 0 Å². The second kappa shape index (κ2) is 3.31. The lowest BCUT2D eigenvalue weighted by atomic mass is 9.91. The van der Waals surface area contributed by atoms with E-state index in [0.29, 0.717) is 25.1 Å². The van der Waals surface area contributed by atoms with Gasteiger partial charge in [-0.2, -0.15) is 0 Å². The number of halogens is 2. The van der Waals surface area contributed by atoms with Crippen LogP contribution < -0.4 is 5.32 Å². The van der Waals surface area contributed by atoms with Crippen LogP contribution in [0.4, 0.5) is 8.78 Å². The van der Waals surface area contributed by atoms with Crippen LogP contribution in [-0.4, -0.2) is 6.54 Å². The summed E-state index contributed by atoms with van der Waals surface area (Å²) in [5, 5.41) is 3.12. The fraction of sp³-hybridized carbons (Fsp3) is 0.455. The zero-order chi connectivity index (χ0) is 10.2. The van der Waals surface area contributed by atoms with Gasteiger partial charge in [-0.15, -0.1) is 0 Å². The third-order valence-corrected chi connectivity index (χ3v) is 2.72. The third kappa shape index (κ3) is 1.64. The van der Waals surface area contributed by atoms with Crippen LogP contribution in [0.2, 0.25) is 0 Å². The third-order valence-electron chi connectivity index (χ3n) is 2.72. The van der Waals surface area contributed by atoms with Gasteiger partial charge in [-0.25, -0.2) is 8.78 Å². The van der Waals surface area contributed by atoms with E-state index in [1.54, 1.807) is 6.07 Å². The highest BCUT2D eigenvalue weighted by molar-refractivity contribution is 5.33.